The number of carbonyl (C=O) groups excluding carboxylic acids is 1. The number of hydrogen-bond donors (Lipinski definition) is 2. The molecule has 1 aromatic heterocycles. The van der Waals surface area contributed by atoms with Crippen LogP contribution in [0.2, 0.25) is 0 Å². The van der Waals surface area contributed by atoms with Crippen LogP contribution in [0.1, 0.15) is 28.9 Å². The number of halogens is 5. The topological polar surface area (TPSA) is 54.0 Å². The molecule has 1 atom stereocenters. The average Bonchev–Trinajstić information content (AvgIpc) is 2.45. The number of rotatable bonds is 3. The number of nitrogens with zero attached hydrogens (tertiary/aromatic N) is 1. The molecule has 4 nitrogen and oxygen atoms in total. The maximum absolute atomic E-state index is 12.4. The highest BCUT2D eigenvalue weighted by atomic mass is 35.5. The number of pyridine rings is 1. The zero-order valence-electron chi connectivity index (χ0n) is 11.7. The predicted molar refractivity (Wildman–Crippen MR) is 81.7 cm³/mol. The van der Waals surface area contributed by atoms with Gasteiger partial charge in [0.2, 0.25) is 0 Å². The summed E-state index contributed by atoms with van der Waals surface area (Å²) in [6.45, 7) is 2.35. The van der Waals surface area contributed by atoms with Crippen LogP contribution in [0.15, 0.2) is 18.3 Å². The molecule has 126 valence electrons. The average molecular weight is 360 g/mol. The molecule has 0 saturated carbocycles. The molecule has 2 heterocycles. The van der Waals surface area contributed by atoms with E-state index in [9.17, 15) is 18.0 Å². The number of hydrogen-bond acceptors (Lipinski definition) is 3. The first kappa shape index (κ1) is 20.9. The predicted octanol–water partition coefficient (Wildman–Crippen LogP) is 2.67. The van der Waals surface area contributed by atoms with Crippen molar-refractivity contribution in [3.8, 4) is 0 Å². The Hall–Kier alpha value is -1.05. The highest BCUT2D eigenvalue weighted by Crippen LogP contribution is 2.28. The smallest absolute Gasteiger partial charge is 0.350 e. The van der Waals surface area contributed by atoms with E-state index in [1.165, 1.54) is 0 Å². The third-order valence-electron chi connectivity index (χ3n) is 3.27. The molecule has 1 saturated heterocycles. The molecule has 1 fully saturated rings. The van der Waals surface area contributed by atoms with Gasteiger partial charge in [0.1, 0.15) is 5.69 Å². The first-order valence-electron chi connectivity index (χ1n) is 6.49. The van der Waals surface area contributed by atoms with Crippen molar-refractivity contribution in [2.75, 3.05) is 19.6 Å². The van der Waals surface area contributed by atoms with Gasteiger partial charge in [0.05, 0.1) is 5.56 Å². The number of piperidine rings is 1. The largest absolute Gasteiger partial charge is 0.417 e. The fourth-order valence-corrected chi connectivity index (χ4v) is 2.12. The molecule has 1 amide bonds. The Bertz CT molecular complexity index is 463. The Morgan fingerprint density at radius 3 is 2.59 bits per heavy atom. The van der Waals surface area contributed by atoms with Gasteiger partial charge in [0.15, 0.2) is 0 Å². The molecule has 1 aliphatic rings. The fourth-order valence-electron chi connectivity index (χ4n) is 2.12. The number of aromatic nitrogens is 1. The lowest BCUT2D eigenvalue weighted by atomic mass is 10.00. The zero-order valence-corrected chi connectivity index (χ0v) is 13.3. The van der Waals surface area contributed by atoms with Crippen LogP contribution in [0.4, 0.5) is 13.2 Å². The van der Waals surface area contributed by atoms with Crippen LogP contribution in [-0.4, -0.2) is 30.5 Å². The monoisotopic (exact) mass is 359 g/mol. The van der Waals surface area contributed by atoms with Gasteiger partial charge >= 0.3 is 6.18 Å². The van der Waals surface area contributed by atoms with Crippen molar-refractivity contribution < 1.29 is 18.0 Å². The molecule has 0 aliphatic carbocycles. The maximum atomic E-state index is 12.4. The molecule has 1 unspecified atom stereocenters. The van der Waals surface area contributed by atoms with Gasteiger partial charge in [-0.2, -0.15) is 13.2 Å². The molecule has 22 heavy (non-hydrogen) atoms. The second-order valence-electron chi connectivity index (χ2n) is 4.85. The van der Waals surface area contributed by atoms with Gasteiger partial charge in [0, 0.05) is 12.7 Å². The summed E-state index contributed by atoms with van der Waals surface area (Å²) in [4.78, 5) is 15.3. The summed E-state index contributed by atoms with van der Waals surface area (Å²) >= 11 is 0. The quantitative estimate of drug-likeness (QED) is 0.872. The third kappa shape index (κ3) is 5.98. The lowest BCUT2D eigenvalue weighted by Gasteiger charge is -2.22. The minimum atomic E-state index is -4.43. The van der Waals surface area contributed by atoms with E-state index in [-0.39, 0.29) is 30.5 Å². The minimum Gasteiger partial charge on any atom is -0.350 e. The normalized spacial score (nSPS) is 17.9. The Kier molecular flexibility index (Phi) is 8.73. The summed E-state index contributed by atoms with van der Waals surface area (Å²) in [5.74, 6) is -0.0774. The van der Waals surface area contributed by atoms with Crippen LogP contribution in [0, 0.1) is 5.92 Å². The number of carbonyl (C=O) groups is 1. The first-order chi connectivity index (χ1) is 9.47. The molecule has 2 N–H and O–H groups in total. The molecule has 0 radical (unpaired) electrons. The second-order valence-corrected chi connectivity index (χ2v) is 4.85. The molecule has 1 aromatic rings. The fraction of sp³-hybridized carbons (Fsp3) is 0.538. The molecule has 0 spiro atoms. The zero-order chi connectivity index (χ0) is 14.6. The van der Waals surface area contributed by atoms with E-state index in [2.05, 4.69) is 15.6 Å². The summed E-state index contributed by atoms with van der Waals surface area (Å²) in [6.07, 6.45) is -1.65. The number of nitrogens with one attached hydrogen (secondary N) is 2. The van der Waals surface area contributed by atoms with E-state index in [0.29, 0.717) is 18.7 Å². The summed E-state index contributed by atoms with van der Waals surface area (Å²) in [7, 11) is 0. The van der Waals surface area contributed by atoms with E-state index >= 15 is 0 Å². The van der Waals surface area contributed by atoms with Crippen molar-refractivity contribution >= 4 is 30.7 Å². The molecule has 2 rings (SSSR count). The van der Waals surface area contributed by atoms with Crippen molar-refractivity contribution in [2.24, 2.45) is 5.92 Å². The summed E-state index contributed by atoms with van der Waals surface area (Å²) in [5.41, 5.74) is -0.854. The van der Waals surface area contributed by atoms with Crippen molar-refractivity contribution in [1.82, 2.24) is 15.6 Å². The standard InChI is InChI=1S/C13H16F3N3O.2ClH/c14-13(15,16)10-3-4-11(18-8-10)12(20)19-7-9-2-1-5-17-6-9;;/h3-4,8-9,17H,1-2,5-7H2,(H,19,20);2*1H. The van der Waals surface area contributed by atoms with Crippen molar-refractivity contribution in [1.29, 1.82) is 0 Å². The lowest BCUT2D eigenvalue weighted by molar-refractivity contribution is -0.137. The van der Waals surface area contributed by atoms with E-state index in [1.807, 2.05) is 0 Å². The summed E-state index contributed by atoms with van der Waals surface area (Å²) < 4.78 is 37.1. The summed E-state index contributed by atoms with van der Waals surface area (Å²) in [5, 5.41) is 5.93. The summed E-state index contributed by atoms with van der Waals surface area (Å²) in [6, 6.07) is 1.96. The Labute approximate surface area is 139 Å². The molecule has 9 heteroatoms. The van der Waals surface area contributed by atoms with Gasteiger partial charge in [0.25, 0.3) is 5.91 Å². The highest BCUT2D eigenvalue weighted by Gasteiger charge is 2.30. The van der Waals surface area contributed by atoms with Crippen LogP contribution in [0.5, 0.6) is 0 Å². The minimum absolute atomic E-state index is 0. The van der Waals surface area contributed by atoms with E-state index in [0.717, 1.165) is 38.1 Å². The van der Waals surface area contributed by atoms with Gasteiger partial charge in [-0.25, -0.2) is 0 Å². The second kappa shape index (κ2) is 9.17. The lowest BCUT2D eigenvalue weighted by Crippen LogP contribution is -2.38. The van der Waals surface area contributed by atoms with E-state index < -0.39 is 17.6 Å². The van der Waals surface area contributed by atoms with Gasteiger partial charge < -0.3 is 10.6 Å². The van der Waals surface area contributed by atoms with Crippen LogP contribution >= 0.6 is 24.8 Å². The maximum Gasteiger partial charge on any atom is 0.417 e. The highest BCUT2D eigenvalue weighted by molar-refractivity contribution is 5.92. The van der Waals surface area contributed by atoms with Gasteiger partial charge in [-0.15, -0.1) is 24.8 Å². The molecule has 0 aromatic carbocycles. The molecule has 1 aliphatic heterocycles. The first-order valence-corrected chi connectivity index (χ1v) is 6.49. The van der Waals surface area contributed by atoms with Crippen molar-refractivity contribution in [3.63, 3.8) is 0 Å². The van der Waals surface area contributed by atoms with Crippen LogP contribution < -0.4 is 10.6 Å². The molecular weight excluding hydrogens is 342 g/mol. The van der Waals surface area contributed by atoms with Crippen molar-refractivity contribution in [3.05, 3.63) is 29.6 Å². The third-order valence-corrected chi connectivity index (χ3v) is 3.27. The van der Waals surface area contributed by atoms with Crippen molar-refractivity contribution in [2.45, 2.75) is 19.0 Å². The molecule has 0 bridgehead atoms. The van der Waals surface area contributed by atoms with Crippen LogP contribution in [-0.2, 0) is 6.18 Å². The van der Waals surface area contributed by atoms with Gasteiger partial charge in [-0.05, 0) is 44.0 Å². The van der Waals surface area contributed by atoms with Crippen LogP contribution in [0.3, 0.4) is 0 Å². The number of amides is 1. The van der Waals surface area contributed by atoms with E-state index in [4.69, 9.17) is 0 Å². The SMILES string of the molecule is Cl.Cl.O=C(NCC1CCCNC1)c1ccc(C(F)(F)F)cn1. The van der Waals surface area contributed by atoms with E-state index in [1.54, 1.807) is 0 Å². The van der Waals surface area contributed by atoms with Gasteiger partial charge in [-0.1, -0.05) is 0 Å². The Balaban J connectivity index is 0.00000220. The number of alkyl halides is 3. The molecular formula is C13H18Cl2F3N3O. The van der Waals surface area contributed by atoms with Crippen LogP contribution in [0.25, 0.3) is 0 Å². The Morgan fingerprint density at radius 1 is 1.36 bits per heavy atom. The Morgan fingerprint density at radius 2 is 2.09 bits per heavy atom. The van der Waals surface area contributed by atoms with Gasteiger partial charge in [-0.3, -0.25) is 9.78 Å².